The predicted molar refractivity (Wildman–Crippen MR) is 133 cm³/mol. The second-order valence-corrected chi connectivity index (χ2v) is 8.90. The van der Waals surface area contributed by atoms with Crippen molar-refractivity contribution in [1.82, 2.24) is 24.5 Å². The van der Waals surface area contributed by atoms with Gasteiger partial charge in [-0.05, 0) is 43.0 Å². The highest BCUT2D eigenvalue weighted by Gasteiger charge is 2.38. The second-order valence-electron chi connectivity index (χ2n) is 8.90. The fourth-order valence-corrected chi connectivity index (χ4v) is 4.25. The number of halogens is 3. The number of carbonyl (C=O) groups is 2. The number of pyridine rings is 2. The van der Waals surface area contributed by atoms with E-state index in [0.29, 0.717) is 13.0 Å². The minimum atomic E-state index is -5.08. The third-order valence-electron chi connectivity index (χ3n) is 6.19. The van der Waals surface area contributed by atoms with E-state index < -0.39 is 12.1 Å². The van der Waals surface area contributed by atoms with E-state index in [0.717, 1.165) is 48.4 Å². The average Bonchev–Trinajstić information content (AvgIpc) is 3.36. The number of piperidine rings is 1. The molecule has 38 heavy (non-hydrogen) atoms. The Bertz CT molecular complexity index is 1380. The van der Waals surface area contributed by atoms with Gasteiger partial charge in [-0.15, -0.1) is 0 Å². The highest BCUT2D eigenvalue weighted by molar-refractivity contribution is 5.76. The molecule has 1 aromatic carbocycles. The van der Waals surface area contributed by atoms with Crippen molar-refractivity contribution in [2.75, 3.05) is 13.1 Å². The third-order valence-corrected chi connectivity index (χ3v) is 6.19. The summed E-state index contributed by atoms with van der Waals surface area (Å²) >= 11 is 0. The zero-order valence-corrected chi connectivity index (χ0v) is 20.4. The molecule has 1 atom stereocenters. The summed E-state index contributed by atoms with van der Waals surface area (Å²) in [6.07, 6.45) is 3.85. The molecular formula is C27H26F3N5O3. The van der Waals surface area contributed by atoms with Crippen LogP contribution >= 0.6 is 0 Å². The molecule has 1 aliphatic heterocycles. The van der Waals surface area contributed by atoms with Crippen LogP contribution in [0, 0.1) is 0 Å². The van der Waals surface area contributed by atoms with Gasteiger partial charge in [0.1, 0.15) is 0 Å². The van der Waals surface area contributed by atoms with Crippen LogP contribution in [0.4, 0.5) is 13.2 Å². The summed E-state index contributed by atoms with van der Waals surface area (Å²) in [5.41, 5.74) is 4.14. The molecule has 8 nitrogen and oxygen atoms in total. The number of amides is 1. The smallest absolute Gasteiger partial charge is 0.475 e. The van der Waals surface area contributed by atoms with Gasteiger partial charge in [0.2, 0.25) is 5.91 Å². The molecule has 4 heterocycles. The van der Waals surface area contributed by atoms with Crippen LogP contribution in [-0.4, -0.2) is 60.7 Å². The van der Waals surface area contributed by atoms with Gasteiger partial charge in [0.05, 0.1) is 0 Å². The van der Waals surface area contributed by atoms with Crippen molar-refractivity contribution in [3.63, 3.8) is 0 Å². The first-order chi connectivity index (χ1) is 18.2. The fraction of sp³-hybridized carbons (Fsp3) is 0.296. The SMILES string of the molecule is O=C(CCc1ccccc1)N1CCCC(c2nc3ccc(-c4cccnc4)cn3n2)C1.O=C(O)C(F)(F)F. The van der Waals surface area contributed by atoms with Crippen molar-refractivity contribution >= 4 is 17.5 Å². The Morgan fingerprint density at radius 3 is 2.47 bits per heavy atom. The Morgan fingerprint density at radius 2 is 1.79 bits per heavy atom. The van der Waals surface area contributed by atoms with Crippen LogP contribution in [0.5, 0.6) is 0 Å². The van der Waals surface area contributed by atoms with Gasteiger partial charge in [-0.3, -0.25) is 9.78 Å². The molecule has 0 radical (unpaired) electrons. The van der Waals surface area contributed by atoms with Gasteiger partial charge in [-0.25, -0.2) is 14.3 Å². The van der Waals surface area contributed by atoms with Gasteiger partial charge in [-0.1, -0.05) is 36.4 Å². The molecule has 1 aliphatic rings. The number of hydrogen-bond donors (Lipinski definition) is 1. The first kappa shape index (κ1) is 26.8. The Hall–Kier alpha value is -4.28. The Labute approximate surface area is 216 Å². The van der Waals surface area contributed by atoms with E-state index in [9.17, 15) is 18.0 Å². The standard InChI is InChI=1S/C25H25N5O.C2HF3O2/c31-24(13-10-19-6-2-1-3-7-19)29-15-5-9-22(17-29)25-27-23-12-11-21(18-30(23)28-25)20-8-4-14-26-16-20;3-2(4,5)1(6)7/h1-4,6-8,11-12,14,16,18,22H,5,9-10,13,15,17H2;(H,6,7). The van der Waals surface area contributed by atoms with Crippen LogP contribution in [0.3, 0.4) is 0 Å². The molecule has 1 saturated heterocycles. The number of nitrogens with zero attached hydrogens (tertiary/aromatic N) is 5. The van der Waals surface area contributed by atoms with Gasteiger partial charge in [-0.2, -0.15) is 18.3 Å². The first-order valence-electron chi connectivity index (χ1n) is 12.1. The molecular weight excluding hydrogens is 499 g/mol. The van der Waals surface area contributed by atoms with Crippen LogP contribution in [0.15, 0.2) is 73.2 Å². The third kappa shape index (κ3) is 6.93. The number of aliphatic carboxylic acids is 1. The largest absolute Gasteiger partial charge is 0.490 e. The molecule has 1 amide bonds. The van der Waals surface area contributed by atoms with Gasteiger partial charge < -0.3 is 10.0 Å². The van der Waals surface area contributed by atoms with Gasteiger partial charge in [0.15, 0.2) is 11.5 Å². The molecule has 5 rings (SSSR count). The normalized spacial score (nSPS) is 15.6. The zero-order chi connectivity index (χ0) is 27.1. The number of aryl methyl sites for hydroxylation is 1. The maximum absolute atomic E-state index is 12.8. The van der Waals surface area contributed by atoms with Crippen molar-refractivity contribution < 1.29 is 27.9 Å². The molecule has 0 spiro atoms. The molecule has 1 fully saturated rings. The highest BCUT2D eigenvalue weighted by atomic mass is 19.4. The molecule has 0 aliphatic carbocycles. The van der Waals surface area contributed by atoms with Crippen LogP contribution in [-0.2, 0) is 16.0 Å². The number of carboxylic acids is 1. The number of fused-ring (bicyclic) bond motifs is 1. The summed E-state index contributed by atoms with van der Waals surface area (Å²) in [7, 11) is 0. The van der Waals surface area contributed by atoms with Crippen LogP contribution in [0.1, 0.15) is 36.6 Å². The van der Waals surface area contributed by atoms with Crippen LogP contribution < -0.4 is 0 Å². The van der Waals surface area contributed by atoms with Crippen molar-refractivity contribution in [2.45, 2.75) is 37.8 Å². The summed E-state index contributed by atoms with van der Waals surface area (Å²) in [5.74, 6) is -1.54. The summed E-state index contributed by atoms with van der Waals surface area (Å²) in [4.78, 5) is 32.6. The number of benzene rings is 1. The molecule has 198 valence electrons. The summed E-state index contributed by atoms with van der Waals surface area (Å²) in [6, 6.07) is 18.2. The maximum atomic E-state index is 12.8. The fourth-order valence-electron chi connectivity index (χ4n) is 4.25. The summed E-state index contributed by atoms with van der Waals surface area (Å²) in [6.45, 7) is 1.52. The molecule has 11 heteroatoms. The number of carboxylic acid groups (broad SMARTS) is 1. The Kier molecular flexibility index (Phi) is 8.35. The van der Waals surface area contributed by atoms with E-state index in [1.807, 2.05) is 64.3 Å². The lowest BCUT2D eigenvalue weighted by molar-refractivity contribution is -0.192. The first-order valence-corrected chi connectivity index (χ1v) is 12.1. The lowest BCUT2D eigenvalue weighted by Gasteiger charge is -2.31. The number of rotatable bonds is 5. The topological polar surface area (TPSA) is 101 Å². The number of hydrogen-bond acceptors (Lipinski definition) is 5. The van der Waals surface area contributed by atoms with Gasteiger partial charge in [0, 0.05) is 55.1 Å². The van der Waals surface area contributed by atoms with Gasteiger partial charge in [0.25, 0.3) is 0 Å². The van der Waals surface area contributed by atoms with Crippen LogP contribution in [0.25, 0.3) is 16.8 Å². The quantitative estimate of drug-likeness (QED) is 0.403. The molecule has 0 bridgehead atoms. The van der Waals surface area contributed by atoms with Crippen molar-refractivity contribution in [2.24, 2.45) is 0 Å². The van der Waals surface area contributed by atoms with Crippen LogP contribution in [0.2, 0.25) is 0 Å². The molecule has 1 N–H and O–H groups in total. The van der Waals surface area contributed by atoms with E-state index in [-0.39, 0.29) is 11.8 Å². The number of carbonyl (C=O) groups excluding carboxylic acids is 1. The van der Waals surface area contributed by atoms with Gasteiger partial charge >= 0.3 is 12.1 Å². The summed E-state index contributed by atoms with van der Waals surface area (Å²) in [5, 5.41) is 11.9. The van der Waals surface area contributed by atoms with Crippen molar-refractivity contribution in [3.8, 4) is 11.1 Å². The van der Waals surface area contributed by atoms with E-state index >= 15 is 0 Å². The van der Waals surface area contributed by atoms with E-state index in [4.69, 9.17) is 20.0 Å². The minimum absolute atomic E-state index is 0.177. The Morgan fingerprint density at radius 1 is 1.03 bits per heavy atom. The predicted octanol–water partition coefficient (Wildman–Crippen LogP) is 4.76. The second kappa shape index (κ2) is 11.8. The molecule has 3 aromatic heterocycles. The van der Waals surface area contributed by atoms with E-state index in [1.54, 1.807) is 6.20 Å². The minimum Gasteiger partial charge on any atom is -0.475 e. The van der Waals surface area contributed by atoms with E-state index in [2.05, 4.69) is 17.1 Å². The Balaban J connectivity index is 0.000000426. The zero-order valence-electron chi connectivity index (χ0n) is 20.4. The monoisotopic (exact) mass is 525 g/mol. The molecule has 1 unspecified atom stereocenters. The number of likely N-dealkylation sites (tertiary alicyclic amines) is 1. The lowest BCUT2D eigenvalue weighted by Crippen LogP contribution is -2.39. The molecule has 0 saturated carbocycles. The maximum Gasteiger partial charge on any atom is 0.490 e. The van der Waals surface area contributed by atoms with Crippen molar-refractivity contribution in [1.29, 1.82) is 0 Å². The lowest BCUT2D eigenvalue weighted by atomic mass is 9.97. The van der Waals surface area contributed by atoms with E-state index in [1.165, 1.54) is 5.56 Å². The molecule has 4 aromatic rings. The average molecular weight is 526 g/mol. The number of aromatic nitrogens is 4. The number of alkyl halides is 3. The van der Waals surface area contributed by atoms with Crippen molar-refractivity contribution in [3.05, 3.63) is 84.6 Å². The highest BCUT2D eigenvalue weighted by Crippen LogP contribution is 2.26. The summed E-state index contributed by atoms with van der Waals surface area (Å²) < 4.78 is 33.6.